The monoisotopic (exact) mass is 427 g/mol. The molecule has 4 rings (SSSR count). The normalized spacial score (nSPS) is 14.4. The van der Waals surface area contributed by atoms with Crippen molar-refractivity contribution in [2.24, 2.45) is 4.99 Å². The highest BCUT2D eigenvalue weighted by Crippen LogP contribution is 2.30. The van der Waals surface area contributed by atoms with Gasteiger partial charge in [-0.15, -0.1) is 0 Å². The summed E-state index contributed by atoms with van der Waals surface area (Å²) in [5.74, 6) is 1.47. The van der Waals surface area contributed by atoms with Crippen molar-refractivity contribution in [3.05, 3.63) is 101 Å². The van der Waals surface area contributed by atoms with Crippen molar-refractivity contribution in [2.75, 3.05) is 7.11 Å². The summed E-state index contributed by atoms with van der Waals surface area (Å²) in [6, 6.07) is 23.3. The van der Waals surface area contributed by atoms with E-state index >= 15 is 0 Å². The predicted molar refractivity (Wildman–Crippen MR) is 125 cm³/mol. The first kappa shape index (κ1) is 21.4. The fourth-order valence-electron chi connectivity index (χ4n) is 3.33. The van der Waals surface area contributed by atoms with Crippen LogP contribution in [0.5, 0.6) is 11.5 Å². The van der Waals surface area contributed by atoms with Gasteiger partial charge in [0.05, 0.1) is 7.11 Å². The number of ether oxygens (including phenoxy) is 3. The highest BCUT2D eigenvalue weighted by atomic mass is 16.6. The molecule has 0 spiro atoms. The summed E-state index contributed by atoms with van der Waals surface area (Å²) >= 11 is 0. The summed E-state index contributed by atoms with van der Waals surface area (Å²) in [6.45, 7) is 4.71. The molecule has 0 radical (unpaired) electrons. The molecule has 0 amide bonds. The lowest BCUT2D eigenvalue weighted by Gasteiger charge is -2.11. The zero-order valence-corrected chi connectivity index (χ0v) is 18.4. The number of rotatable bonds is 7. The van der Waals surface area contributed by atoms with Gasteiger partial charge in [0.25, 0.3) is 0 Å². The van der Waals surface area contributed by atoms with Gasteiger partial charge < -0.3 is 14.2 Å². The van der Waals surface area contributed by atoms with Crippen LogP contribution in [0.1, 0.15) is 42.0 Å². The van der Waals surface area contributed by atoms with Gasteiger partial charge in [0, 0.05) is 5.56 Å². The molecule has 5 nitrogen and oxygen atoms in total. The van der Waals surface area contributed by atoms with Gasteiger partial charge in [-0.25, -0.2) is 9.79 Å². The van der Waals surface area contributed by atoms with Gasteiger partial charge in [-0.3, -0.25) is 0 Å². The molecule has 1 heterocycles. The lowest BCUT2D eigenvalue weighted by Crippen LogP contribution is -2.05. The van der Waals surface area contributed by atoms with E-state index in [0.717, 1.165) is 16.7 Å². The molecule has 3 aromatic carbocycles. The molecule has 1 aliphatic heterocycles. The zero-order chi connectivity index (χ0) is 22.5. The van der Waals surface area contributed by atoms with Gasteiger partial charge >= 0.3 is 5.97 Å². The van der Waals surface area contributed by atoms with E-state index in [4.69, 9.17) is 14.2 Å². The Balaban J connectivity index is 1.52. The number of nitrogens with zero attached hydrogens (tertiary/aromatic N) is 1. The van der Waals surface area contributed by atoms with Crippen LogP contribution in [0.3, 0.4) is 0 Å². The smallest absolute Gasteiger partial charge is 0.363 e. The molecule has 0 aromatic heterocycles. The largest absolute Gasteiger partial charge is 0.493 e. The molecular weight excluding hydrogens is 402 g/mol. The second-order valence-corrected chi connectivity index (χ2v) is 7.80. The fourth-order valence-corrected chi connectivity index (χ4v) is 3.33. The minimum Gasteiger partial charge on any atom is -0.493 e. The number of methoxy groups -OCH3 is 1. The Morgan fingerprint density at radius 2 is 1.72 bits per heavy atom. The van der Waals surface area contributed by atoms with E-state index in [1.807, 2.05) is 72.8 Å². The first-order valence-electron chi connectivity index (χ1n) is 10.5. The first-order chi connectivity index (χ1) is 15.5. The number of cyclic esters (lactones) is 1. The molecule has 0 saturated heterocycles. The summed E-state index contributed by atoms with van der Waals surface area (Å²) in [7, 11) is 1.59. The Kier molecular flexibility index (Phi) is 6.36. The standard InChI is InChI=1S/C27H25NO4/c1-18(2)21-10-12-22(13-11-21)26-28-23(27(29)32-26)15-20-9-14-24(25(16-20)30-3)31-17-19-7-5-4-6-8-19/h4-16,18H,17H2,1-3H3/b23-15-. The van der Waals surface area contributed by atoms with Crippen LogP contribution in [0.25, 0.3) is 6.08 Å². The predicted octanol–water partition coefficient (Wildman–Crippen LogP) is 5.74. The lowest BCUT2D eigenvalue weighted by molar-refractivity contribution is -0.129. The summed E-state index contributed by atoms with van der Waals surface area (Å²) in [5.41, 5.74) is 4.07. The Morgan fingerprint density at radius 1 is 0.969 bits per heavy atom. The summed E-state index contributed by atoms with van der Waals surface area (Å²) < 4.78 is 16.8. The third-order valence-corrected chi connectivity index (χ3v) is 5.17. The van der Waals surface area contributed by atoms with Crippen molar-refractivity contribution < 1.29 is 19.0 Å². The molecule has 0 unspecified atom stereocenters. The van der Waals surface area contributed by atoms with Gasteiger partial charge in [0.1, 0.15) is 6.61 Å². The molecule has 0 N–H and O–H groups in total. The molecule has 0 bridgehead atoms. The minimum absolute atomic E-state index is 0.243. The quantitative estimate of drug-likeness (QED) is 0.356. The Hall–Kier alpha value is -3.86. The molecule has 0 fully saturated rings. The van der Waals surface area contributed by atoms with E-state index in [-0.39, 0.29) is 5.70 Å². The second-order valence-electron chi connectivity index (χ2n) is 7.80. The van der Waals surface area contributed by atoms with Gasteiger partial charge in [0.15, 0.2) is 17.2 Å². The molecule has 3 aromatic rings. The number of carbonyl (C=O) groups excluding carboxylic acids is 1. The van der Waals surface area contributed by atoms with Gasteiger partial charge in [0.2, 0.25) is 5.90 Å². The molecule has 0 aliphatic carbocycles. The van der Waals surface area contributed by atoms with Crippen molar-refractivity contribution in [3.8, 4) is 11.5 Å². The molecule has 0 atom stereocenters. The molecule has 32 heavy (non-hydrogen) atoms. The van der Waals surface area contributed by atoms with Crippen molar-refractivity contribution in [1.29, 1.82) is 0 Å². The van der Waals surface area contributed by atoms with Crippen LogP contribution < -0.4 is 9.47 Å². The van der Waals surface area contributed by atoms with E-state index in [0.29, 0.717) is 29.9 Å². The number of hydrogen-bond donors (Lipinski definition) is 0. The van der Waals surface area contributed by atoms with E-state index in [9.17, 15) is 4.79 Å². The summed E-state index contributed by atoms with van der Waals surface area (Å²) in [4.78, 5) is 16.8. The average Bonchev–Trinajstić information content (AvgIpc) is 3.18. The van der Waals surface area contributed by atoms with E-state index in [2.05, 4.69) is 18.8 Å². The van der Waals surface area contributed by atoms with Crippen molar-refractivity contribution in [1.82, 2.24) is 0 Å². The SMILES string of the molecule is COc1cc(/C=C2\N=C(c3ccc(C(C)C)cc3)OC2=O)ccc1OCc1ccccc1. The summed E-state index contributed by atoms with van der Waals surface area (Å²) in [6.07, 6.45) is 1.68. The summed E-state index contributed by atoms with van der Waals surface area (Å²) in [5, 5.41) is 0. The fraction of sp³-hybridized carbons (Fsp3) is 0.185. The molecule has 5 heteroatoms. The van der Waals surface area contributed by atoms with Crippen molar-refractivity contribution in [2.45, 2.75) is 26.4 Å². The maximum Gasteiger partial charge on any atom is 0.363 e. The van der Waals surface area contributed by atoms with Gasteiger partial charge in [-0.2, -0.15) is 0 Å². The Bertz CT molecular complexity index is 1160. The van der Waals surface area contributed by atoms with Crippen molar-refractivity contribution in [3.63, 3.8) is 0 Å². The lowest BCUT2D eigenvalue weighted by atomic mass is 10.0. The van der Waals surface area contributed by atoms with Crippen LogP contribution in [-0.4, -0.2) is 19.0 Å². The number of hydrogen-bond acceptors (Lipinski definition) is 5. The number of benzene rings is 3. The molecule has 0 saturated carbocycles. The van der Waals surface area contributed by atoms with Crippen LogP contribution in [0.4, 0.5) is 0 Å². The first-order valence-corrected chi connectivity index (χ1v) is 10.5. The average molecular weight is 428 g/mol. The van der Waals surface area contributed by atoms with Crippen LogP contribution in [0.15, 0.2) is 83.5 Å². The second kappa shape index (κ2) is 9.52. The van der Waals surface area contributed by atoms with Crippen LogP contribution in [0.2, 0.25) is 0 Å². The van der Waals surface area contributed by atoms with Crippen molar-refractivity contribution >= 4 is 17.9 Å². The number of aliphatic imine (C=N–C) groups is 1. The highest BCUT2D eigenvalue weighted by molar-refractivity contribution is 6.12. The molecule has 1 aliphatic rings. The van der Waals surface area contributed by atoms with E-state index < -0.39 is 5.97 Å². The number of carbonyl (C=O) groups is 1. The third-order valence-electron chi connectivity index (χ3n) is 5.17. The highest BCUT2D eigenvalue weighted by Gasteiger charge is 2.24. The molecular formula is C27H25NO4. The van der Waals surface area contributed by atoms with Crippen LogP contribution in [0, 0.1) is 0 Å². The van der Waals surface area contributed by atoms with Crippen LogP contribution in [-0.2, 0) is 16.1 Å². The third kappa shape index (κ3) is 4.89. The number of esters is 1. The molecule has 162 valence electrons. The topological polar surface area (TPSA) is 57.1 Å². The zero-order valence-electron chi connectivity index (χ0n) is 18.4. The van der Waals surface area contributed by atoms with E-state index in [1.54, 1.807) is 13.2 Å². The minimum atomic E-state index is -0.476. The van der Waals surface area contributed by atoms with E-state index in [1.165, 1.54) is 5.56 Å². The maximum atomic E-state index is 12.4. The Labute approximate surface area is 188 Å². The van der Waals surface area contributed by atoms with Crippen LogP contribution >= 0.6 is 0 Å². The Morgan fingerprint density at radius 3 is 2.41 bits per heavy atom. The van der Waals surface area contributed by atoms with Gasteiger partial charge in [-0.05, 0) is 52.9 Å². The maximum absolute atomic E-state index is 12.4. The van der Waals surface area contributed by atoms with Gasteiger partial charge in [-0.1, -0.05) is 62.4 Å².